The molecule has 6 nitrogen and oxygen atoms in total. The first kappa shape index (κ1) is 21.7. The Morgan fingerprint density at radius 3 is 2.45 bits per heavy atom. The maximum atomic E-state index is 12.1. The van der Waals surface area contributed by atoms with E-state index in [1.165, 1.54) is 5.56 Å². The Hall–Kier alpha value is -2.48. The fourth-order valence-electron chi connectivity index (χ4n) is 4.61. The Labute approximate surface area is 184 Å². The molecule has 0 saturated heterocycles. The highest BCUT2D eigenvalue weighted by Gasteiger charge is 2.37. The van der Waals surface area contributed by atoms with Gasteiger partial charge in [-0.25, -0.2) is 9.71 Å². The minimum absolute atomic E-state index is 0.0448. The van der Waals surface area contributed by atoms with Crippen LogP contribution >= 0.6 is 0 Å². The predicted octanol–water partition coefficient (Wildman–Crippen LogP) is 3.97. The Kier molecular flexibility index (Phi) is 6.55. The molecule has 1 heterocycles. The van der Waals surface area contributed by atoms with E-state index in [0.29, 0.717) is 6.54 Å². The molecule has 0 radical (unpaired) electrons. The third-order valence-electron chi connectivity index (χ3n) is 6.25. The number of pyridine rings is 1. The van der Waals surface area contributed by atoms with Gasteiger partial charge in [0.2, 0.25) is 0 Å². The van der Waals surface area contributed by atoms with Crippen LogP contribution in [0, 0.1) is 0 Å². The van der Waals surface area contributed by atoms with Crippen LogP contribution in [0.1, 0.15) is 38.2 Å². The van der Waals surface area contributed by atoms with E-state index in [-0.39, 0.29) is 11.5 Å². The van der Waals surface area contributed by atoms with Gasteiger partial charge < -0.3 is 5.32 Å². The van der Waals surface area contributed by atoms with Gasteiger partial charge in [0, 0.05) is 36.1 Å². The standard InChI is InChI=1S/C24H30N4O2S/c1-2-27-31(29,30)28-21-12-15-24(16-13-21,20-9-4-3-5-10-20)18-26-23-22-11-7-6-8-19(22)14-17-25-23/h3-11,14,17,21,27-28H,2,12-13,15-16,18H2,1H3,(H,25,26). The highest BCUT2D eigenvalue weighted by Crippen LogP contribution is 2.40. The quantitative estimate of drug-likeness (QED) is 0.497. The number of hydrogen-bond donors (Lipinski definition) is 3. The van der Waals surface area contributed by atoms with E-state index in [4.69, 9.17) is 0 Å². The summed E-state index contributed by atoms with van der Waals surface area (Å²) in [5, 5.41) is 5.89. The number of rotatable bonds is 8. The fourth-order valence-corrected chi connectivity index (χ4v) is 5.75. The van der Waals surface area contributed by atoms with Gasteiger partial charge in [-0.15, -0.1) is 0 Å². The van der Waals surface area contributed by atoms with Crippen molar-refractivity contribution in [1.29, 1.82) is 0 Å². The van der Waals surface area contributed by atoms with Crippen LogP contribution in [-0.2, 0) is 15.6 Å². The van der Waals surface area contributed by atoms with Crippen molar-refractivity contribution in [2.24, 2.45) is 0 Å². The number of nitrogens with one attached hydrogen (secondary N) is 3. The largest absolute Gasteiger partial charge is 0.369 e. The molecular weight excluding hydrogens is 408 g/mol. The van der Waals surface area contributed by atoms with Crippen molar-refractivity contribution in [2.75, 3.05) is 18.4 Å². The highest BCUT2D eigenvalue weighted by molar-refractivity contribution is 7.87. The summed E-state index contributed by atoms with van der Waals surface area (Å²) < 4.78 is 29.6. The third-order valence-corrected chi connectivity index (χ3v) is 7.57. The fraction of sp³-hybridized carbons (Fsp3) is 0.375. The average molecular weight is 439 g/mol. The summed E-state index contributed by atoms with van der Waals surface area (Å²) in [6.45, 7) is 2.93. The van der Waals surface area contributed by atoms with Gasteiger partial charge in [-0.3, -0.25) is 0 Å². The van der Waals surface area contributed by atoms with Crippen molar-refractivity contribution in [3.63, 3.8) is 0 Å². The summed E-state index contributed by atoms with van der Waals surface area (Å²) in [5.74, 6) is 0.892. The van der Waals surface area contributed by atoms with Crippen molar-refractivity contribution >= 4 is 26.8 Å². The van der Waals surface area contributed by atoms with Crippen molar-refractivity contribution in [1.82, 2.24) is 14.4 Å². The summed E-state index contributed by atoms with van der Waals surface area (Å²) in [4.78, 5) is 4.59. The molecule has 0 bridgehead atoms. The first-order chi connectivity index (χ1) is 15.0. The van der Waals surface area contributed by atoms with Gasteiger partial charge in [-0.05, 0) is 42.7 Å². The first-order valence-electron chi connectivity index (χ1n) is 10.9. The molecule has 3 aromatic rings. The molecule has 3 N–H and O–H groups in total. The second-order valence-electron chi connectivity index (χ2n) is 8.27. The molecule has 1 fully saturated rings. The van der Waals surface area contributed by atoms with E-state index >= 15 is 0 Å². The Morgan fingerprint density at radius 2 is 1.71 bits per heavy atom. The average Bonchev–Trinajstić information content (AvgIpc) is 2.79. The molecule has 7 heteroatoms. The monoisotopic (exact) mass is 438 g/mol. The lowest BCUT2D eigenvalue weighted by molar-refractivity contribution is 0.272. The van der Waals surface area contributed by atoms with Gasteiger partial charge in [-0.2, -0.15) is 13.1 Å². The van der Waals surface area contributed by atoms with E-state index in [2.05, 4.69) is 56.1 Å². The minimum Gasteiger partial charge on any atom is -0.369 e. The number of nitrogens with zero attached hydrogens (tertiary/aromatic N) is 1. The van der Waals surface area contributed by atoms with Gasteiger partial charge in [0.05, 0.1) is 0 Å². The SMILES string of the molecule is CCNS(=O)(=O)NC1CCC(CNc2nccc3ccccc23)(c2ccccc2)CC1. The summed E-state index contributed by atoms with van der Waals surface area (Å²) in [7, 11) is -3.44. The van der Waals surface area contributed by atoms with E-state index in [1.807, 2.05) is 30.5 Å². The van der Waals surface area contributed by atoms with Crippen LogP contribution in [0.3, 0.4) is 0 Å². The molecule has 0 spiro atoms. The van der Waals surface area contributed by atoms with Crippen LogP contribution in [0.5, 0.6) is 0 Å². The van der Waals surface area contributed by atoms with Gasteiger partial charge >= 0.3 is 0 Å². The van der Waals surface area contributed by atoms with Crippen LogP contribution < -0.4 is 14.8 Å². The lowest BCUT2D eigenvalue weighted by Crippen LogP contribution is -2.48. The highest BCUT2D eigenvalue weighted by atomic mass is 32.2. The second-order valence-corrected chi connectivity index (χ2v) is 9.81. The van der Waals surface area contributed by atoms with Gasteiger partial charge in [-0.1, -0.05) is 61.5 Å². The van der Waals surface area contributed by atoms with Crippen LogP contribution in [-0.4, -0.2) is 32.5 Å². The maximum Gasteiger partial charge on any atom is 0.277 e. The third kappa shape index (κ3) is 5.06. The zero-order valence-electron chi connectivity index (χ0n) is 17.8. The Bertz CT molecular complexity index is 1110. The summed E-state index contributed by atoms with van der Waals surface area (Å²) in [6, 6.07) is 20.8. The summed E-state index contributed by atoms with van der Waals surface area (Å²) >= 11 is 0. The molecule has 0 unspecified atom stereocenters. The van der Waals surface area contributed by atoms with Gasteiger partial charge in [0.1, 0.15) is 5.82 Å². The first-order valence-corrected chi connectivity index (χ1v) is 12.4. The molecule has 0 aliphatic heterocycles. The van der Waals surface area contributed by atoms with Crippen molar-refractivity contribution < 1.29 is 8.42 Å². The number of hydrogen-bond acceptors (Lipinski definition) is 4. The molecule has 0 amide bonds. The molecule has 0 atom stereocenters. The molecule has 2 aromatic carbocycles. The number of benzene rings is 2. The van der Waals surface area contributed by atoms with Gasteiger partial charge in [0.25, 0.3) is 10.2 Å². The minimum atomic E-state index is -3.44. The number of aromatic nitrogens is 1. The predicted molar refractivity (Wildman–Crippen MR) is 126 cm³/mol. The van der Waals surface area contributed by atoms with E-state index in [1.54, 1.807) is 6.92 Å². The number of fused-ring (bicyclic) bond motifs is 1. The zero-order chi connectivity index (χ0) is 21.7. The maximum absolute atomic E-state index is 12.1. The van der Waals surface area contributed by atoms with Crippen LogP contribution in [0.2, 0.25) is 0 Å². The van der Waals surface area contributed by atoms with Gasteiger partial charge in [0.15, 0.2) is 0 Å². The van der Waals surface area contributed by atoms with E-state index in [0.717, 1.165) is 48.8 Å². The Balaban J connectivity index is 1.53. The Morgan fingerprint density at radius 1 is 1.00 bits per heavy atom. The van der Waals surface area contributed by atoms with Crippen molar-refractivity contribution in [2.45, 2.75) is 44.1 Å². The van der Waals surface area contributed by atoms with Crippen LogP contribution in [0.4, 0.5) is 5.82 Å². The lowest BCUT2D eigenvalue weighted by atomic mass is 9.68. The van der Waals surface area contributed by atoms with Crippen LogP contribution in [0.15, 0.2) is 66.9 Å². The molecule has 164 valence electrons. The summed E-state index contributed by atoms with van der Waals surface area (Å²) in [6.07, 6.45) is 5.22. The van der Waals surface area contributed by atoms with E-state index in [9.17, 15) is 8.42 Å². The lowest BCUT2D eigenvalue weighted by Gasteiger charge is -2.41. The molecule has 1 saturated carbocycles. The van der Waals surface area contributed by atoms with Crippen molar-refractivity contribution in [3.05, 3.63) is 72.4 Å². The van der Waals surface area contributed by atoms with E-state index < -0.39 is 10.2 Å². The van der Waals surface area contributed by atoms with Crippen LogP contribution in [0.25, 0.3) is 10.8 Å². The van der Waals surface area contributed by atoms with Crippen molar-refractivity contribution in [3.8, 4) is 0 Å². The normalized spacial score (nSPS) is 21.8. The second kappa shape index (κ2) is 9.34. The molecular formula is C24H30N4O2S. The topological polar surface area (TPSA) is 83.1 Å². The number of anilines is 1. The smallest absolute Gasteiger partial charge is 0.277 e. The molecule has 31 heavy (non-hydrogen) atoms. The molecule has 1 aliphatic rings. The molecule has 4 rings (SSSR count). The molecule has 1 aliphatic carbocycles. The molecule has 1 aromatic heterocycles. The summed E-state index contributed by atoms with van der Waals surface area (Å²) in [5.41, 5.74) is 1.22. The zero-order valence-corrected chi connectivity index (χ0v) is 18.7.